The third-order valence-electron chi connectivity index (χ3n) is 6.92. The number of piperidine rings is 1. The van der Waals surface area contributed by atoms with Crippen molar-refractivity contribution in [3.8, 4) is 5.75 Å². The van der Waals surface area contributed by atoms with E-state index in [1.807, 2.05) is 31.2 Å². The number of nitrogens with one attached hydrogen (secondary N) is 1. The lowest BCUT2D eigenvalue weighted by Gasteiger charge is -2.42. The smallest absolute Gasteiger partial charge is 0.260 e. The lowest BCUT2D eigenvalue weighted by atomic mass is 9.74. The van der Waals surface area contributed by atoms with Gasteiger partial charge in [0.25, 0.3) is 5.91 Å². The number of likely N-dealkylation sites (tertiary alicyclic amines) is 1. The molecule has 4 rings (SSSR count). The van der Waals surface area contributed by atoms with Crippen LogP contribution in [0, 0.1) is 5.41 Å². The molecule has 0 radical (unpaired) electrons. The second-order valence-electron chi connectivity index (χ2n) is 9.20. The van der Waals surface area contributed by atoms with Crippen LogP contribution in [0.15, 0.2) is 48.5 Å². The van der Waals surface area contributed by atoms with E-state index in [1.54, 1.807) is 0 Å². The van der Waals surface area contributed by atoms with Crippen LogP contribution in [0.4, 0.5) is 0 Å². The third-order valence-corrected chi connectivity index (χ3v) is 7.17. The number of rotatable bonds is 2. The highest BCUT2D eigenvalue weighted by Gasteiger charge is 2.35. The number of hydrogen-bond acceptors (Lipinski definition) is 3. The van der Waals surface area contributed by atoms with Crippen LogP contribution in [-0.2, 0) is 17.8 Å². The predicted octanol–water partition coefficient (Wildman–Crippen LogP) is 5.23. The molecule has 2 aromatic rings. The molecule has 1 atom stereocenters. The van der Waals surface area contributed by atoms with Crippen LogP contribution in [0.5, 0.6) is 5.75 Å². The Morgan fingerprint density at radius 2 is 1.81 bits per heavy atom. The average Bonchev–Trinajstić information content (AvgIpc) is 2.78. The van der Waals surface area contributed by atoms with Crippen molar-refractivity contribution < 1.29 is 9.53 Å². The van der Waals surface area contributed by atoms with E-state index >= 15 is 0 Å². The normalized spacial score (nSPS) is 22.5. The molecule has 0 aromatic heterocycles. The fourth-order valence-corrected chi connectivity index (χ4v) is 4.98. The van der Waals surface area contributed by atoms with Gasteiger partial charge in [-0.05, 0) is 86.9 Å². The zero-order chi connectivity index (χ0) is 21.7. The number of hydrogen-bond donors (Lipinski definition) is 1. The molecule has 0 bridgehead atoms. The summed E-state index contributed by atoms with van der Waals surface area (Å²) in [5.74, 6) is 0.828. The average molecular weight is 441 g/mol. The SMILES string of the molecule is C[C@H]1Oc2ccccc2CCCCC2(CCN(Cc3ccc(Cl)cc3)CC2)CNC1=O. The Bertz CT molecular complexity index is 875. The highest BCUT2D eigenvalue weighted by atomic mass is 35.5. The van der Waals surface area contributed by atoms with Gasteiger partial charge in [-0.25, -0.2) is 0 Å². The molecule has 1 N–H and O–H groups in total. The van der Waals surface area contributed by atoms with Crippen LogP contribution in [0.3, 0.4) is 0 Å². The lowest BCUT2D eigenvalue weighted by molar-refractivity contribution is -0.128. The minimum Gasteiger partial charge on any atom is -0.481 e. The summed E-state index contributed by atoms with van der Waals surface area (Å²) in [5, 5.41) is 4.00. The minimum atomic E-state index is -0.484. The molecule has 0 aliphatic carbocycles. The highest BCUT2D eigenvalue weighted by Crippen LogP contribution is 2.37. The number of amides is 1. The number of aryl methyl sites for hydroxylation is 1. The van der Waals surface area contributed by atoms with Crippen molar-refractivity contribution in [1.82, 2.24) is 10.2 Å². The van der Waals surface area contributed by atoms with Crippen molar-refractivity contribution in [3.05, 3.63) is 64.7 Å². The second-order valence-corrected chi connectivity index (χ2v) is 9.63. The van der Waals surface area contributed by atoms with Crippen molar-refractivity contribution >= 4 is 17.5 Å². The topological polar surface area (TPSA) is 41.6 Å². The van der Waals surface area contributed by atoms with Crippen LogP contribution < -0.4 is 10.1 Å². The number of ether oxygens (including phenoxy) is 1. The van der Waals surface area contributed by atoms with Crippen molar-refractivity contribution in [2.45, 2.75) is 58.1 Å². The molecule has 5 heteroatoms. The van der Waals surface area contributed by atoms with Crippen LogP contribution in [-0.4, -0.2) is 36.5 Å². The Hall–Kier alpha value is -2.04. The summed E-state index contributed by atoms with van der Waals surface area (Å²) < 4.78 is 6.02. The molecule has 2 aliphatic rings. The van der Waals surface area contributed by atoms with Gasteiger partial charge in [0, 0.05) is 18.1 Å². The van der Waals surface area contributed by atoms with Crippen molar-refractivity contribution in [3.63, 3.8) is 0 Å². The van der Waals surface area contributed by atoms with E-state index in [0.29, 0.717) is 0 Å². The molecule has 1 fully saturated rings. The zero-order valence-corrected chi connectivity index (χ0v) is 19.2. The molecular weight excluding hydrogens is 408 g/mol. The largest absolute Gasteiger partial charge is 0.481 e. The van der Waals surface area contributed by atoms with Crippen molar-refractivity contribution in [2.24, 2.45) is 5.41 Å². The fourth-order valence-electron chi connectivity index (χ4n) is 4.85. The van der Waals surface area contributed by atoms with Gasteiger partial charge in [0.15, 0.2) is 6.10 Å². The summed E-state index contributed by atoms with van der Waals surface area (Å²) in [6.07, 6.45) is 6.25. The summed E-state index contributed by atoms with van der Waals surface area (Å²) in [7, 11) is 0. The van der Waals surface area contributed by atoms with Gasteiger partial charge < -0.3 is 10.1 Å². The van der Waals surface area contributed by atoms with Crippen LogP contribution in [0.25, 0.3) is 0 Å². The van der Waals surface area contributed by atoms with Gasteiger partial charge in [-0.1, -0.05) is 48.4 Å². The summed E-state index contributed by atoms with van der Waals surface area (Å²) in [5.41, 5.74) is 2.69. The number of para-hydroxylation sites is 1. The van der Waals surface area contributed by atoms with Gasteiger partial charge in [0.05, 0.1) is 0 Å². The molecule has 4 nitrogen and oxygen atoms in total. The van der Waals surface area contributed by atoms with Crippen molar-refractivity contribution in [2.75, 3.05) is 19.6 Å². The zero-order valence-electron chi connectivity index (χ0n) is 18.4. The molecular formula is C26H33ClN2O2. The third kappa shape index (κ3) is 5.81. The number of benzene rings is 2. The number of carbonyl (C=O) groups is 1. The molecule has 2 aliphatic heterocycles. The number of fused-ring (bicyclic) bond motifs is 1. The van der Waals surface area contributed by atoms with E-state index in [4.69, 9.17) is 16.3 Å². The predicted molar refractivity (Wildman–Crippen MR) is 125 cm³/mol. The second kappa shape index (κ2) is 10.1. The van der Waals surface area contributed by atoms with E-state index in [0.717, 1.165) is 62.6 Å². The Kier molecular flexibility index (Phi) is 7.19. The van der Waals surface area contributed by atoms with Gasteiger partial charge in [-0.3, -0.25) is 9.69 Å². The van der Waals surface area contributed by atoms with E-state index in [-0.39, 0.29) is 11.3 Å². The Morgan fingerprint density at radius 3 is 2.58 bits per heavy atom. The maximum Gasteiger partial charge on any atom is 0.260 e. The van der Waals surface area contributed by atoms with Gasteiger partial charge in [0.1, 0.15) is 5.75 Å². The Labute approximate surface area is 190 Å². The molecule has 0 unspecified atom stereocenters. The summed E-state index contributed by atoms with van der Waals surface area (Å²) in [6.45, 7) is 5.68. The molecule has 1 spiro atoms. The van der Waals surface area contributed by atoms with Gasteiger partial charge in [0.2, 0.25) is 0 Å². The molecule has 1 amide bonds. The first-order valence-corrected chi connectivity index (χ1v) is 11.9. The van der Waals surface area contributed by atoms with Gasteiger partial charge in [-0.2, -0.15) is 0 Å². The summed E-state index contributed by atoms with van der Waals surface area (Å²) in [6, 6.07) is 16.3. The van der Waals surface area contributed by atoms with E-state index in [2.05, 4.69) is 34.5 Å². The number of halogens is 1. The first-order chi connectivity index (χ1) is 15.0. The fraction of sp³-hybridized carbons (Fsp3) is 0.500. The maximum atomic E-state index is 12.7. The highest BCUT2D eigenvalue weighted by molar-refractivity contribution is 6.30. The van der Waals surface area contributed by atoms with E-state index < -0.39 is 6.10 Å². The van der Waals surface area contributed by atoms with E-state index in [1.165, 1.54) is 24.0 Å². The first kappa shape index (κ1) is 22.2. The van der Waals surface area contributed by atoms with Gasteiger partial charge in [-0.15, -0.1) is 0 Å². The van der Waals surface area contributed by atoms with E-state index in [9.17, 15) is 4.79 Å². The summed E-state index contributed by atoms with van der Waals surface area (Å²) in [4.78, 5) is 15.3. The standard InChI is InChI=1S/C26H33ClN2O2/c1-20-25(30)28-19-26(13-5-4-7-22-6-2-3-8-24(22)31-20)14-16-29(17-15-26)18-21-9-11-23(27)12-10-21/h2-3,6,8-12,20H,4-5,7,13-19H2,1H3,(H,28,30)/t20-/m1/s1. The number of nitrogens with zero attached hydrogens (tertiary/aromatic N) is 1. The Balaban J connectivity index is 1.39. The summed E-state index contributed by atoms with van der Waals surface area (Å²) >= 11 is 6.02. The van der Waals surface area contributed by atoms with Crippen molar-refractivity contribution in [1.29, 1.82) is 0 Å². The minimum absolute atomic E-state index is 0.0154. The molecule has 2 heterocycles. The number of carbonyl (C=O) groups excluding carboxylic acids is 1. The molecule has 1 saturated heterocycles. The van der Waals surface area contributed by atoms with Crippen LogP contribution >= 0.6 is 11.6 Å². The van der Waals surface area contributed by atoms with Crippen LogP contribution in [0.2, 0.25) is 5.02 Å². The molecule has 166 valence electrons. The monoisotopic (exact) mass is 440 g/mol. The molecule has 2 aromatic carbocycles. The molecule has 0 saturated carbocycles. The Morgan fingerprint density at radius 1 is 1.06 bits per heavy atom. The lowest BCUT2D eigenvalue weighted by Crippen LogP contribution is -2.48. The van der Waals surface area contributed by atoms with Gasteiger partial charge >= 0.3 is 0 Å². The first-order valence-electron chi connectivity index (χ1n) is 11.5. The van der Waals surface area contributed by atoms with Crippen LogP contribution in [0.1, 0.15) is 50.2 Å². The molecule has 31 heavy (non-hydrogen) atoms. The quantitative estimate of drug-likeness (QED) is 0.694. The maximum absolute atomic E-state index is 12.7.